The maximum absolute atomic E-state index is 13.0. The minimum atomic E-state index is -4.57. The molecule has 0 aromatic heterocycles. The monoisotopic (exact) mass is 369 g/mol. The normalized spacial score (nSPS) is 11.2. The fraction of sp³-hybridized carbons (Fsp3) is 0.278. The first-order valence-electron chi connectivity index (χ1n) is 7.60. The van der Waals surface area contributed by atoms with Crippen LogP contribution in [0.3, 0.4) is 0 Å². The highest BCUT2D eigenvalue weighted by Gasteiger charge is 2.32. The number of hydrogen-bond acceptors (Lipinski definition) is 4. The Morgan fingerprint density at radius 2 is 1.85 bits per heavy atom. The van der Waals surface area contributed by atoms with Crippen LogP contribution in [-0.4, -0.2) is 18.4 Å². The summed E-state index contributed by atoms with van der Waals surface area (Å²) in [7, 11) is 1.04. The molecule has 0 aliphatic rings. The van der Waals surface area contributed by atoms with E-state index in [4.69, 9.17) is 4.74 Å². The van der Waals surface area contributed by atoms with Gasteiger partial charge in [0, 0.05) is 5.56 Å². The maximum atomic E-state index is 13.0. The number of benzene rings is 2. The minimum absolute atomic E-state index is 0.0206. The van der Waals surface area contributed by atoms with Gasteiger partial charge in [-0.25, -0.2) is 4.79 Å². The van der Waals surface area contributed by atoms with Crippen LogP contribution in [0.1, 0.15) is 22.3 Å². The van der Waals surface area contributed by atoms with Gasteiger partial charge in [-0.3, -0.25) is 5.21 Å². The van der Waals surface area contributed by atoms with Crippen LogP contribution >= 0.6 is 0 Å². The second kappa shape index (κ2) is 7.65. The quantitative estimate of drug-likeness (QED) is 0.617. The molecule has 0 fully saturated rings. The topological polar surface area (TPSA) is 59.0 Å². The molecule has 2 aromatic rings. The zero-order valence-corrected chi connectivity index (χ0v) is 14.4. The SMILES string of the molecule is COC(=O)N(O)c1ccc(C(F)(F)F)cc1COc1ccc(C)cc1C. The Morgan fingerprint density at radius 3 is 2.42 bits per heavy atom. The van der Waals surface area contributed by atoms with Gasteiger partial charge in [0.15, 0.2) is 0 Å². The van der Waals surface area contributed by atoms with Gasteiger partial charge >= 0.3 is 12.3 Å². The largest absolute Gasteiger partial charge is 0.489 e. The summed E-state index contributed by atoms with van der Waals surface area (Å²) in [5.74, 6) is 0.488. The van der Waals surface area contributed by atoms with E-state index in [1.807, 2.05) is 26.0 Å². The molecule has 0 bridgehead atoms. The van der Waals surface area contributed by atoms with Gasteiger partial charge in [0.25, 0.3) is 0 Å². The first-order chi connectivity index (χ1) is 12.1. The third kappa shape index (κ3) is 4.45. The van der Waals surface area contributed by atoms with Crippen molar-refractivity contribution in [1.29, 1.82) is 0 Å². The number of halogens is 3. The number of amides is 1. The van der Waals surface area contributed by atoms with E-state index in [0.717, 1.165) is 36.4 Å². The van der Waals surface area contributed by atoms with Gasteiger partial charge in [-0.05, 0) is 43.7 Å². The van der Waals surface area contributed by atoms with Crippen LogP contribution in [-0.2, 0) is 17.5 Å². The van der Waals surface area contributed by atoms with Crippen molar-refractivity contribution < 1.29 is 32.6 Å². The third-order valence-electron chi connectivity index (χ3n) is 3.70. The first kappa shape index (κ1) is 19.6. The fourth-order valence-corrected chi connectivity index (χ4v) is 2.39. The molecular formula is C18H18F3NO4. The van der Waals surface area contributed by atoms with Crippen LogP contribution in [0.15, 0.2) is 36.4 Å². The fourth-order valence-electron chi connectivity index (χ4n) is 2.39. The van der Waals surface area contributed by atoms with Crippen LogP contribution in [0.2, 0.25) is 0 Å². The summed E-state index contributed by atoms with van der Waals surface area (Å²) in [5, 5.41) is 10.0. The molecule has 26 heavy (non-hydrogen) atoms. The van der Waals surface area contributed by atoms with Crippen LogP contribution in [0.5, 0.6) is 5.75 Å². The van der Waals surface area contributed by atoms with Crippen molar-refractivity contribution in [3.8, 4) is 5.75 Å². The van der Waals surface area contributed by atoms with Gasteiger partial charge in [0.2, 0.25) is 0 Å². The molecule has 140 valence electrons. The van der Waals surface area contributed by atoms with Gasteiger partial charge in [-0.1, -0.05) is 17.7 Å². The predicted octanol–water partition coefficient (Wildman–Crippen LogP) is 4.86. The molecule has 2 aromatic carbocycles. The number of carbonyl (C=O) groups is 1. The lowest BCUT2D eigenvalue weighted by Gasteiger charge is -2.19. The number of methoxy groups -OCH3 is 1. The van der Waals surface area contributed by atoms with Crippen molar-refractivity contribution in [2.45, 2.75) is 26.6 Å². The Balaban J connectivity index is 2.37. The number of aryl methyl sites for hydroxylation is 2. The zero-order valence-electron chi connectivity index (χ0n) is 14.4. The molecule has 8 heteroatoms. The van der Waals surface area contributed by atoms with E-state index in [2.05, 4.69) is 4.74 Å². The molecule has 0 aliphatic heterocycles. The van der Waals surface area contributed by atoms with E-state index in [9.17, 15) is 23.2 Å². The molecule has 0 atom stereocenters. The smallest absolute Gasteiger partial charge is 0.438 e. The lowest BCUT2D eigenvalue weighted by molar-refractivity contribution is -0.137. The van der Waals surface area contributed by atoms with Crippen molar-refractivity contribution in [2.24, 2.45) is 0 Å². The number of carbonyl (C=O) groups excluding carboxylic acids is 1. The number of anilines is 1. The van der Waals surface area contributed by atoms with Crippen LogP contribution in [0.4, 0.5) is 23.7 Å². The summed E-state index contributed by atoms with van der Waals surface area (Å²) in [6.45, 7) is 3.43. The van der Waals surface area contributed by atoms with Gasteiger partial charge in [0.1, 0.15) is 12.4 Å². The first-order valence-corrected chi connectivity index (χ1v) is 7.60. The Hall–Kier alpha value is -2.74. The molecule has 0 saturated carbocycles. The summed E-state index contributed by atoms with van der Waals surface area (Å²) < 4.78 is 48.9. The minimum Gasteiger partial charge on any atom is -0.489 e. The number of rotatable bonds is 4. The van der Waals surface area contributed by atoms with Gasteiger partial charge in [-0.15, -0.1) is 0 Å². The van der Waals surface area contributed by atoms with E-state index >= 15 is 0 Å². The van der Waals surface area contributed by atoms with Gasteiger partial charge in [0.05, 0.1) is 18.4 Å². The molecule has 5 nitrogen and oxygen atoms in total. The van der Waals surface area contributed by atoms with Gasteiger partial charge in [-0.2, -0.15) is 18.2 Å². The summed E-state index contributed by atoms with van der Waals surface area (Å²) >= 11 is 0. The highest BCUT2D eigenvalue weighted by Crippen LogP contribution is 2.33. The Kier molecular flexibility index (Phi) is 5.76. The molecule has 0 saturated heterocycles. The highest BCUT2D eigenvalue weighted by molar-refractivity contribution is 5.85. The van der Waals surface area contributed by atoms with Crippen LogP contribution in [0, 0.1) is 13.8 Å². The lowest BCUT2D eigenvalue weighted by Crippen LogP contribution is -2.28. The lowest BCUT2D eigenvalue weighted by atomic mass is 10.1. The van der Waals surface area contributed by atoms with Crippen molar-refractivity contribution in [3.63, 3.8) is 0 Å². The Labute approximate surface area is 148 Å². The highest BCUT2D eigenvalue weighted by atomic mass is 19.4. The third-order valence-corrected chi connectivity index (χ3v) is 3.70. The number of hydroxylamine groups is 1. The molecule has 2 rings (SSSR count). The second-order valence-electron chi connectivity index (χ2n) is 5.68. The molecular weight excluding hydrogens is 351 g/mol. The Morgan fingerprint density at radius 1 is 1.15 bits per heavy atom. The van der Waals surface area contributed by atoms with E-state index in [1.54, 1.807) is 6.07 Å². The van der Waals surface area contributed by atoms with E-state index < -0.39 is 17.8 Å². The van der Waals surface area contributed by atoms with Crippen molar-refractivity contribution in [1.82, 2.24) is 0 Å². The maximum Gasteiger partial charge on any atom is 0.438 e. The summed E-state index contributed by atoms with van der Waals surface area (Å²) in [4.78, 5) is 11.5. The van der Waals surface area contributed by atoms with E-state index in [-0.39, 0.29) is 22.9 Å². The van der Waals surface area contributed by atoms with Crippen molar-refractivity contribution >= 4 is 11.8 Å². The molecule has 0 heterocycles. The Bertz CT molecular complexity index is 806. The number of hydrogen-bond donors (Lipinski definition) is 1. The van der Waals surface area contributed by atoms with Gasteiger partial charge < -0.3 is 9.47 Å². The van der Waals surface area contributed by atoms with Crippen LogP contribution in [0.25, 0.3) is 0 Å². The summed E-state index contributed by atoms with van der Waals surface area (Å²) in [5.41, 5.74) is 0.732. The molecule has 0 aliphatic carbocycles. The zero-order chi connectivity index (χ0) is 19.5. The summed E-state index contributed by atoms with van der Waals surface area (Å²) in [6.07, 6.45) is -5.70. The second-order valence-corrected chi connectivity index (χ2v) is 5.68. The van der Waals surface area contributed by atoms with E-state index in [0.29, 0.717) is 5.75 Å². The average Bonchev–Trinajstić information content (AvgIpc) is 2.58. The molecule has 1 amide bonds. The number of alkyl halides is 3. The standard InChI is InChI=1S/C18H18F3NO4/c1-11-4-7-16(12(2)8-11)26-10-13-9-14(18(19,20)21)5-6-15(13)22(24)17(23)25-3/h4-9,24H,10H2,1-3H3. The molecule has 0 radical (unpaired) electrons. The van der Waals surface area contributed by atoms with Crippen molar-refractivity contribution in [3.05, 3.63) is 58.7 Å². The number of nitrogens with zero attached hydrogens (tertiary/aromatic N) is 1. The average molecular weight is 369 g/mol. The molecule has 1 N–H and O–H groups in total. The number of ether oxygens (including phenoxy) is 2. The van der Waals surface area contributed by atoms with Crippen molar-refractivity contribution in [2.75, 3.05) is 12.2 Å². The predicted molar refractivity (Wildman–Crippen MR) is 88.4 cm³/mol. The summed E-state index contributed by atoms with van der Waals surface area (Å²) in [6, 6.07) is 7.96. The van der Waals surface area contributed by atoms with Crippen LogP contribution < -0.4 is 9.80 Å². The molecule has 0 unspecified atom stereocenters. The van der Waals surface area contributed by atoms with E-state index in [1.165, 1.54) is 0 Å². The molecule has 0 spiro atoms.